The van der Waals surface area contributed by atoms with Crippen LogP contribution in [0.4, 0.5) is 10.9 Å². The molecule has 5 rings (SSSR count). The number of imidazole rings is 1. The molecule has 0 unspecified atom stereocenters. The zero-order valence-electron chi connectivity index (χ0n) is 20.7. The lowest BCUT2D eigenvalue weighted by Gasteiger charge is -2.22. The SMILES string of the molecule is CN(C)C/C=C/C(=O)N1CCC[C@H]1c1nc(-c2ccc(C(=O)Nc3nccs3)cc2)c2c(N)nccn12. The topological polar surface area (TPSA) is 122 Å². The van der Waals surface area contributed by atoms with E-state index in [0.717, 1.165) is 24.2 Å². The first-order chi connectivity index (χ1) is 17.9. The number of carbonyl (C=O) groups is 2. The Kier molecular flexibility index (Phi) is 6.97. The first-order valence-electron chi connectivity index (χ1n) is 12.0. The maximum absolute atomic E-state index is 13.0. The third kappa shape index (κ3) is 5.09. The van der Waals surface area contributed by atoms with E-state index in [4.69, 9.17) is 10.7 Å². The molecule has 1 fully saturated rings. The van der Waals surface area contributed by atoms with Gasteiger partial charge in [-0.25, -0.2) is 15.0 Å². The van der Waals surface area contributed by atoms with Crippen molar-refractivity contribution in [1.82, 2.24) is 29.2 Å². The fourth-order valence-electron chi connectivity index (χ4n) is 4.52. The van der Waals surface area contributed by atoms with Crippen LogP contribution >= 0.6 is 11.3 Å². The Labute approximate surface area is 218 Å². The van der Waals surface area contributed by atoms with Crippen LogP contribution in [-0.2, 0) is 4.79 Å². The predicted molar refractivity (Wildman–Crippen MR) is 144 cm³/mol. The lowest BCUT2D eigenvalue weighted by Crippen LogP contribution is -2.30. The molecule has 1 aromatic carbocycles. The molecule has 4 aromatic rings. The molecule has 1 aliphatic rings. The van der Waals surface area contributed by atoms with Crippen molar-refractivity contribution in [2.24, 2.45) is 0 Å². The van der Waals surface area contributed by atoms with E-state index in [1.807, 2.05) is 52.7 Å². The van der Waals surface area contributed by atoms with E-state index >= 15 is 0 Å². The summed E-state index contributed by atoms with van der Waals surface area (Å²) in [6.45, 7) is 1.37. The largest absolute Gasteiger partial charge is 0.382 e. The van der Waals surface area contributed by atoms with Crippen molar-refractivity contribution >= 4 is 39.6 Å². The van der Waals surface area contributed by atoms with Crippen LogP contribution in [0.3, 0.4) is 0 Å². The summed E-state index contributed by atoms with van der Waals surface area (Å²) in [6, 6.07) is 7.00. The number of amides is 2. The highest BCUT2D eigenvalue weighted by molar-refractivity contribution is 7.13. The number of likely N-dealkylation sites (N-methyl/N-ethyl adjacent to an activating group) is 1. The third-order valence-corrected chi connectivity index (χ3v) is 6.94. The van der Waals surface area contributed by atoms with Crippen molar-refractivity contribution in [2.45, 2.75) is 18.9 Å². The number of likely N-dealkylation sites (tertiary alicyclic amines) is 1. The summed E-state index contributed by atoms with van der Waals surface area (Å²) in [5.41, 5.74) is 8.96. The van der Waals surface area contributed by atoms with Crippen LogP contribution in [0, 0.1) is 0 Å². The first kappa shape index (κ1) is 24.6. The number of nitrogens with two attached hydrogens (primary N) is 1. The molecule has 10 nitrogen and oxygen atoms in total. The molecule has 1 saturated heterocycles. The number of hydrogen-bond donors (Lipinski definition) is 2. The van der Waals surface area contributed by atoms with Gasteiger partial charge in [0.1, 0.15) is 22.9 Å². The summed E-state index contributed by atoms with van der Waals surface area (Å²) in [4.78, 5) is 42.8. The highest BCUT2D eigenvalue weighted by Gasteiger charge is 2.33. The molecule has 0 aliphatic carbocycles. The minimum Gasteiger partial charge on any atom is -0.382 e. The monoisotopic (exact) mass is 516 g/mol. The minimum atomic E-state index is -0.236. The molecule has 3 aromatic heterocycles. The molecule has 4 heterocycles. The fourth-order valence-corrected chi connectivity index (χ4v) is 5.04. The summed E-state index contributed by atoms with van der Waals surface area (Å²) in [5, 5.41) is 5.14. The molecule has 0 radical (unpaired) electrons. The molecule has 11 heteroatoms. The van der Waals surface area contributed by atoms with Crippen molar-refractivity contribution in [3.8, 4) is 11.3 Å². The van der Waals surface area contributed by atoms with E-state index in [1.54, 1.807) is 36.0 Å². The number of nitrogen functional groups attached to an aromatic ring is 1. The first-order valence-corrected chi connectivity index (χ1v) is 12.9. The van der Waals surface area contributed by atoms with Crippen molar-refractivity contribution in [3.63, 3.8) is 0 Å². The standard InChI is InChI=1S/C26H28N8O2S/c1-32(2)13-4-6-20(35)33-14-3-5-19(33)24-30-21(22-23(27)28-11-15-34(22)24)17-7-9-18(10-8-17)25(36)31-26-29-12-16-37-26/h4,6-12,15-16,19H,3,5,13-14H2,1-2H3,(H2,27,28)(H,29,31,36)/b6-4+/t19-/m0/s1. The molecule has 1 atom stereocenters. The number of nitrogens with zero attached hydrogens (tertiary/aromatic N) is 6. The number of hydrogen-bond acceptors (Lipinski definition) is 8. The van der Waals surface area contributed by atoms with E-state index in [-0.39, 0.29) is 17.9 Å². The molecule has 3 N–H and O–H groups in total. The van der Waals surface area contributed by atoms with Crippen molar-refractivity contribution in [1.29, 1.82) is 0 Å². The number of nitrogens with one attached hydrogen (secondary N) is 1. The van der Waals surface area contributed by atoms with E-state index in [9.17, 15) is 9.59 Å². The number of benzene rings is 1. The van der Waals surface area contributed by atoms with Gasteiger partial charge in [0.2, 0.25) is 5.91 Å². The third-order valence-electron chi connectivity index (χ3n) is 6.25. The van der Waals surface area contributed by atoms with Crippen LogP contribution in [0.5, 0.6) is 0 Å². The maximum Gasteiger partial charge on any atom is 0.257 e. The number of thiazole rings is 1. The zero-order valence-corrected chi connectivity index (χ0v) is 21.5. The average Bonchev–Trinajstić information content (AvgIpc) is 3.64. The summed E-state index contributed by atoms with van der Waals surface area (Å²) in [5.74, 6) is 0.834. The number of carbonyl (C=O) groups excluding carboxylic acids is 2. The van der Waals surface area contributed by atoms with Gasteiger partial charge in [0.05, 0.1) is 6.04 Å². The van der Waals surface area contributed by atoms with E-state index < -0.39 is 0 Å². The fraction of sp³-hybridized carbons (Fsp3) is 0.269. The highest BCUT2D eigenvalue weighted by atomic mass is 32.1. The molecule has 2 amide bonds. The molecule has 190 valence electrons. The molecule has 1 aliphatic heterocycles. The lowest BCUT2D eigenvalue weighted by atomic mass is 10.1. The second kappa shape index (κ2) is 10.5. The second-order valence-electron chi connectivity index (χ2n) is 9.07. The van der Waals surface area contributed by atoms with Gasteiger partial charge in [-0.15, -0.1) is 11.3 Å². The number of fused-ring (bicyclic) bond motifs is 1. The Morgan fingerprint density at radius 1 is 1.22 bits per heavy atom. The molecule has 0 bridgehead atoms. The van der Waals surface area contributed by atoms with Crippen molar-refractivity contribution < 1.29 is 9.59 Å². The molecule has 0 saturated carbocycles. The van der Waals surface area contributed by atoms with Gasteiger partial charge in [0.25, 0.3) is 5.91 Å². The predicted octanol–water partition coefficient (Wildman–Crippen LogP) is 3.47. The maximum atomic E-state index is 13.0. The quantitative estimate of drug-likeness (QED) is 0.361. The van der Waals surface area contributed by atoms with Crippen LogP contribution < -0.4 is 11.1 Å². The average molecular weight is 517 g/mol. The minimum absolute atomic E-state index is 0.0275. The summed E-state index contributed by atoms with van der Waals surface area (Å²) >= 11 is 1.36. The van der Waals surface area contributed by atoms with E-state index in [1.165, 1.54) is 11.3 Å². The number of aromatic nitrogens is 4. The van der Waals surface area contributed by atoms with Crippen LogP contribution in [0.25, 0.3) is 16.8 Å². The van der Waals surface area contributed by atoms with Gasteiger partial charge in [-0.1, -0.05) is 18.2 Å². The van der Waals surface area contributed by atoms with Gasteiger partial charge in [0, 0.05) is 54.3 Å². The van der Waals surface area contributed by atoms with Gasteiger partial charge in [-0.05, 0) is 39.1 Å². The van der Waals surface area contributed by atoms with Crippen LogP contribution in [0.1, 0.15) is 35.1 Å². The normalized spacial score (nSPS) is 15.8. The molecular weight excluding hydrogens is 488 g/mol. The Balaban J connectivity index is 1.46. The molecular formula is C26H28N8O2S. The van der Waals surface area contributed by atoms with Gasteiger partial charge in [-0.2, -0.15) is 0 Å². The summed E-state index contributed by atoms with van der Waals surface area (Å²) in [7, 11) is 3.92. The van der Waals surface area contributed by atoms with Crippen LogP contribution in [-0.4, -0.2) is 68.2 Å². The van der Waals surface area contributed by atoms with E-state index in [0.29, 0.717) is 40.8 Å². The molecule has 0 spiro atoms. The van der Waals surface area contributed by atoms with E-state index in [2.05, 4.69) is 15.3 Å². The highest BCUT2D eigenvalue weighted by Crippen LogP contribution is 2.36. The Hall–Kier alpha value is -4.09. The summed E-state index contributed by atoms with van der Waals surface area (Å²) in [6.07, 6.45) is 10.3. The Morgan fingerprint density at radius 2 is 2.03 bits per heavy atom. The van der Waals surface area contributed by atoms with Gasteiger partial charge < -0.3 is 15.5 Å². The van der Waals surface area contributed by atoms with Gasteiger partial charge >= 0.3 is 0 Å². The van der Waals surface area contributed by atoms with Crippen molar-refractivity contribution in [3.05, 3.63) is 71.8 Å². The van der Waals surface area contributed by atoms with Gasteiger partial charge in [0.15, 0.2) is 5.13 Å². The van der Waals surface area contributed by atoms with Crippen molar-refractivity contribution in [2.75, 3.05) is 38.2 Å². The number of anilines is 2. The molecule has 37 heavy (non-hydrogen) atoms. The van der Waals surface area contributed by atoms with Crippen LogP contribution in [0.2, 0.25) is 0 Å². The Bertz CT molecular complexity index is 1440. The summed E-state index contributed by atoms with van der Waals surface area (Å²) < 4.78 is 1.93. The Morgan fingerprint density at radius 3 is 2.76 bits per heavy atom. The van der Waals surface area contributed by atoms with Gasteiger partial charge in [-0.3, -0.25) is 19.3 Å². The zero-order chi connectivity index (χ0) is 25.9. The van der Waals surface area contributed by atoms with Crippen LogP contribution in [0.15, 0.2) is 60.4 Å². The second-order valence-corrected chi connectivity index (χ2v) is 9.97. The number of rotatable bonds is 7. The smallest absolute Gasteiger partial charge is 0.257 e. The lowest BCUT2D eigenvalue weighted by molar-refractivity contribution is -0.127.